The van der Waals surface area contributed by atoms with Crippen molar-refractivity contribution >= 4 is 28.5 Å². The van der Waals surface area contributed by atoms with E-state index in [4.69, 9.17) is 9.47 Å². The molecule has 4 rings (SSSR count). The minimum Gasteiger partial charge on any atom is -0.467 e. The SMILES string of the molecule is COc1nc(Nc2ccc3[nH]ncc3c2)nc(N2CCOCC2)n1. The molecule has 0 unspecified atom stereocenters. The Morgan fingerprint density at radius 2 is 2.08 bits per heavy atom. The van der Waals surface area contributed by atoms with Crippen LogP contribution < -0.4 is 15.0 Å². The number of aromatic amines is 1. The molecule has 0 bridgehead atoms. The van der Waals surface area contributed by atoms with Gasteiger partial charge in [0.1, 0.15) is 0 Å². The summed E-state index contributed by atoms with van der Waals surface area (Å²) < 4.78 is 10.6. The van der Waals surface area contributed by atoms with Crippen LogP contribution in [0.15, 0.2) is 24.4 Å². The van der Waals surface area contributed by atoms with Gasteiger partial charge < -0.3 is 19.7 Å². The Morgan fingerprint density at radius 1 is 1.21 bits per heavy atom. The molecule has 1 saturated heterocycles. The number of methoxy groups -OCH3 is 1. The third-order valence-electron chi connectivity index (χ3n) is 3.78. The number of benzene rings is 1. The highest BCUT2D eigenvalue weighted by Crippen LogP contribution is 2.22. The van der Waals surface area contributed by atoms with Crippen LogP contribution in [0, 0.1) is 0 Å². The maximum absolute atomic E-state index is 5.37. The summed E-state index contributed by atoms with van der Waals surface area (Å²) in [6, 6.07) is 6.14. The zero-order chi connectivity index (χ0) is 16.4. The van der Waals surface area contributed by atoms with E-state index >= 15 is 0 Å². The Labute approximate surface area is 138 Å². The van der Waals surface area contributed by atoms with E-state index in [1.165, 1.54) is 0 Å². The Balaban J connectivity index is 1.63. The van der Waals surface area contributed by atoms with Crippen LogP contribution in [0.5, 0.6) is 6.01 Å². The minimum absolute atomic E-state index is 0.276. The molecule has 9 nitrogen and oxygen atoms in total. The van der Waals surface area contributed by atoms with Crippen molar-refractivity contribution in [3.63, 3.8) is 0 Å². The molecule has 1 fully saturated rings. The first kappa shape index (κ1) is 14.6. The number of morpholine rings is 1. The molecule has 124 valence electrons. The molecule has 9 heteroatoms. The molecule has 0 radical (unpaired) electrons. The van der Waals surface area contributed by atoms with Gasteiger partial charge in [0.25, 0.3) is 0 Å². The van der Waals surface area contributed by atoms with Gasteiger partial charge in [-0.3, -0.25) is 5.10 Å². The molecule has 0 atom stereocenters. The topological polar surface area (TPSA) is 101 Å². The molecule has 2 N–H and O–H groups in total. The van der Waals surface area contributed by atoms with Crippen LogP contribution in [0.25, 0.3) is 10.9 Å². The Kier molecular flexibility index (Phi) is 3.83. The van der Waals surface area contributed by atoms with E-state index in [0.717, 1.165) is 29.7 Å². The number of nitrogens with zero attached hydrogens (tertiary/aromatic N) is 5. The molecule has 1 aliphatic heterocycles. The molecular formula is C15H17N7O2. The van der Waals surface area contributed by atoms with E-state index < -0.39 is 0 Å². The van der Waals surface area contributed by atoms with E-state index in [9.17, 15) is 0 Å². The van der Waals surface area contributed by atoms with Gasteiger partial charge in [-0.15, -0.1) is 0 Å². The van der Waals surface area contributed by atoms with Crippen LogP contribution in [0.2, 0.25) is 0 Å². The van der Waals surface area contributed by atoms with Gasteiger partial charge in [0, 0.05) is 24.2 Å². The van der Waals surface area contributed by atoms with Crippen molar-refractivity contribution in [2.45, 2.75) is 0 Å². The molecule has 0 amide bonds. The predicted molar refractivity (Wildman–Crippen MR) is 88.8 cm³/mol. The van der Waals surface area contributed by atoms with Crippen molar-refractivity contribution in [3.8, 4) is 6.01 Å². The number of anilines is 3. The fourth-order valence-electron chi connectivity index (χ4n) is 2.55. The molecule has 0 spiro atoms. The van der Waals surface area contributed by atoms with Crippen LogP contribution in [-0.2, 0) is 4.74 Å². The number of H-pyrrole nitrogens is 1. The average Bonchev–Trinajstić information content (AvgIpc) is 3.10. The van der Waals surface area contributed by atoms with Gasteiger partial charge in [-0.1, -0.05) is 0 Å². The van der Waals surface area contributed by atoms with Gasteiger partial charge >= 0.3 is 6.01 Å². The predicted octanol–water partition coefficient (Wildman–Crippen LogP) is 1.34. The Bertz CT molecular complexity index is 845. The van der Waals surface area contributed by atoms with Crippen LogP contribution >= 0.6 is 0 Å². The second-order valence-electron chi connectivity index (χ2n) is 5.34. The van der Waals surface area contributed by atoms with Gasteiger partial charge in [-0.25, -0.2) is 0 Å². The van der Waals surface area contributed by atoms with E-state index in [1.54, 1.807) is 13.3 Å². The Morgan fingerprint density at radius 3 is 2.92 bits per heavy atom. The minimum atomic E-state index is 0.276. The smallest absolute Gasteiger partial charge is 0.322 e. The fraction of sp³-hybridized carbons (Fsp3) is 0.333. The first-order valence-corrected chi connectivity index (χ1v) is 7.65. The summed E-state index contributed by atoms with van der Waals surface area (Å²) >= 11 is 0. The molecule has 2 aromatic heterocycles. The number of aromatic nitrogens is 5. The maximum Gasteiger partial charge on any atom is 0.322 e. The van der Waals surface area contributed by atoms with E-state index in [0.29, 0.717) is 25.1 Å². The summed E-state index contributed by atoms with van der Waals surface area (Å²) in [5.74, 6) is 1.02. The molecule has 24 heavy (non-hydrogen) atoms. The first-order chi connectivity index (χ1) is 11.8. The number of rotatable bonds is 4. The van der Waals surface area contributed by atoms with Crippen LogP contribution in [-0.4, -0.2) is 58.6 Å². The van der Waals surface area contributed by atoms with Crippen molar-refractivity contribution in [2.24, 2.45) is 0 Å². The van der Waals surface area contributed by atoms with Crippen molar-refractivity contribution < 1.29 is 9.47 Å². The molecule has 0 aliphatic carbocycles. The average molecular weight is 327 g/mol. The molecule has 3 heterocycles. The lowest BCUT2D eigenvalue weighted by atomic mass is 10.2. The summed E-state index contributed by atoms with van der Waals surface area (Å²) in [6.45, 7) is 2.81. The summed E-state index contributed by atoms with van der Waals surface area (Å²) in [5, 5.41) is 11.2. The molecule has 0 saturated carbocycles. The van der Waals surface area contributed by atoms with Gasteiger partial charge in [-0.05, 0) is 18.2 Å². The van der Waals surface area contributed by atoms with E-state index in [2.05, 4.69) is 35.4 Å². The van der Waals surface area contributed by atoms with Crippen LogP contribution in [0.1, 0.15) is 0 Å². The third kappa shape index (κ3) is 2.93. The van der Waals surface area contributed by atoms with E-state index in [1.807, 2.05) is 18.2 Å². The summed E-state index contributed by atoms with van der Waals surface area (Å²) in [4.78, 5) is 15.2. The van der Waals surface area contributed by atoms with Gasteiger partial charge in [0.2, 0.25) is 11.9 Å². The van der Waals surface area contributed by atoms with Crippen molar-refractivity contribution in [3.05, 3.63) is 24.4 Å². The van der Waals surface area contributed by atoms with Gasteiger partial charge in [0.15, 0.2) is 0 Å². The lowest BCUT2D eigenvalue weighted by molar-refractivity contribution is 0.122. The van der Waals surface area contributed by atoms with Crippen molar-refractivity contribution in [2.75, 3.05) is 43.6 Å². The largest absolute Gasteiger partial charge is 0.467 e. The normalized spacial score (nSPS) is 14.8. The highest BCUT2D eigenvalue weighted by molar-refractivity contribution is 5.82. The highest BCUT2D eigenvalue weighted by Gasteiger charge is 2.17. The quantitative estimate of drug-likeness (QED) is 0.740. The molecular weight excluding hydrogens is 310 g/mol. The molecule has 1 aromatic carbocycles. The molecule has 1 aliphatic rings. The number of nitrogens with one attached hydrogen (secondary N) is 2. The van der Waals surface area contributed by atoms with Crippen molar-refractivity contribution in [1.29, 1.82) is 0 Å². The number of hydrogen-bond donors (Lipinski definition) is 2. The summed E-state index contributed by atoms with van der Waals surface area (Å²) in [6.07, 6.45) is 1.77. The second-order valence-corrected chi connectivity index (χ2v) is 5.34. The maximum atomic E-state index is 5.37. The van der Waals surface area contributed by atoms with Gasteiger partial charge in [-0.2, -0.15) is 20.1 Å². The highest BCUT2D eigenvalue weighted by atomic mass is 16.5. The zero-order valence-electron chi connectivity index (χ0n) is 13.2. The number of fused-ring (bicyclic) bond motifs is 1. The molecule has 3 aromatic rings. The standard InChI is InChI=1S/C15H17N7O2/c1-23-15-19-13(18-14(20-15)22-4-6-24-7-5-22)17-11-2-3-12-10(8-11)9-16-21-12/h2-3,8-9H,4-7H2,1H3,(H,16,21)(H,17,18,19,20). The van der Waals surface area contributed by atoms with Crippen LogP contribution in [0.4, 0.5) is 17.6 Å². The van der Waals surface area contributed by atoms with Gasteiger partial charge in [0.05, 0.1) is 32.0 Å². The fourth-order valence-corrected chi connectivity index (χ4v) is 2.55. The number of hydrogen-bond acceptors (Lipinski definition) is 8. The van der Waals surface area contributed by atoms with E-state index in [-0.39, 0.29) is 6.01 Å². The lowest BCUT2D eigenvalue weighted by Gasteiger charge is -2.26. The Hall–Kier alpha value is -2.94. The monoisotopic (exact) mass is 327 g/mol. The van der Waals surface area contributed by atoms with Crippen LogP contribution in [0.3, 0.4) is 0 Å². The summed E-state index contributed by atoms with van der Waals surface area (Å²) in [7, 11) is 1.54. The van der Waals surface area contributed by atoms with Crippen molar-refractivity contribution in [1.82, 2.24) is 25.1 Å². The third-order valence-corrected chi connectivity index (χ3v) is 3.78. The lowest BCUT2D eigenvalue weighted by Crippen LogP contribution is -2.37. The summed E-state index contributed by atoms with van der Waals surface area (Å²) in [5.41, 5.74) is 1.84. The first-order valence-electron chi connectivity index (χ1n) is 7.65. The number of ether oxygens (including phenoxy) is 2. The zero-order valence-corrected chi connectivity index (χ0v) is 13.2. The second kappa shape index (κ2) is 6.28.